The average molecular weight is 471 g/mol. The van der Waals surface area contributed by atoms with Gasteiger partial charge in [-0.25, -0.2) is 4.98 Å². The van der Waals surface area contributed by atoms with E-state index in [9.17, 15) is 19.7 Å². The van der Waals surface area contributed by atoms with Gasteiger partial charge in [-0.15, -0.1) is 0 Å². The molecular formula is C24H27ClN4O4. The van der Waals surface area contributed by atoms with Crippen LogP contribution in [0.5, 0.6) is 0 Å². The average Bonchev–Trinajstić information content (AvgIpc) is 2.78. The van der Waals surface area contributed by atoms with Crippen molar-refractivity contribution in [2.45, 2.75) is 46.7 Å². The predicted octanol–water partition coefficient (Wildman–Crippen LogP) is 5.23. The number of carbonyl (C=O) groups is 1. The first-order chi connectivity index (χ1) is 15.7. The molecule has 0 fully saturated rings. The Morgan fingerprint density at radius 1 is 1.21 bits per heavy atom. The Bertz CT molecular complexity index is 1250. The van der Waals surface area contributed by atoms with Crippen molar-refractivity contribution in [3.63, 3.8) is 0 Å². The van der Waals surface area contributed by atoms with Gasteiger partial charge in [-0.1, -0.05) is 44.5 Å². The highest BCUT2D eigenvalue weighted by Crippen LogP contribution is 2.30. The molecule has 174 valence electrons. The molecule has 0 N–H and O–H groups in total. The van der Waals surface area contributed by atoms with Gasteiger partial charge in [0.15, 0.2) is 0 Å². The third-order valence-corrected chi connectivity index (χ3v) is 5.80. The molecule has 1 amide bonds. The fourth-order valence-corrected chi connectivity index (χ4v) is 4.17. The molecule has 0 aliphatic rings. The lowest BCUT2D eigenvalue weighted by molar-refractivity contribution is -0.384. The predicted molar refractivity (Wildman–Crippen MR) is 129 cm³/mol. The highest BCUT2D eigenvalue weighted by molar-refractivity contribution is 6.32. The summed E-state index contributed by atoms with van der Waals surface area (Å²) in [6.45, 7) is 8.55. The van der Waals surface area contributed by atoms with Gasteiger partial charge in [-0.2, -0.15) is 0 Å². The first-order valence-electron chi connectivity index (χ1n) is 10.9. The molecule has 1 atom stereocenters. The largest absolute Gasteiger partial charge is 0.328 e. The van der Waals surface area contributed by atoms with Crippen LogP contribution in [0.4, 0.5) is 5.69 Å². The van der Waals surface area contributed by atoms with E-state index in [1.165, 1.54) is 18.2 Å². The zero-order chi connectivity index (χ0) is 24.3. The van der Waals surface area contributed by atoms with Gasteiger partial charge in [0.25, 0.3) is 17.2 Å². The number of benzene rings is 2. The minimum Gasteiger partial charge on any atom is -0.328 e. The number of carbonyl (C=O) groups excluding carboxylic acids is 1. The van der Waals surface area contributed by atoms with Crippen molar-refractivity contribution in [2.75, 3.05) is 6.54 Å². The molecule has 0 spiro atoms. The van der Waals surface area contributed by atoms with E-state index < -0.39 is 11.0 Å². The van der Waals surface area contributed by atoms with Crippen LogP contribution >= 0.6 is 11.6 Å². The van der Waals surface area contributed by atoms with Crippen molar-refractivity contribution in [1.82, 2.24) is 14.5 Å². The Labute approximate surface area is 197 Å². The van der Waals surface area contributed by atoms with Gasteiger partial charge in [0.1, 0.15) is 10.8 Å². The van der Waals surface area contributed by atoms with Gasteiger partial charge in [0.05, 0.1) is 21.9 Å². The van der Waals surface area contributed by atoms with Crippen molar-refractivity contribution in [3.8, 4) is 0 Å². The molecule has 3 rings (SSSR count). The van der Waals surface area contributed by atoms with Crippen LogP contribution < -0.4 is 5.56 Å². The Kier molecular flexibility index (Phi) is 7.48. The number of rotatable bonds is 8. The van der Waals surface area contributed by atoms with E-state index in [2.05, 4.69) is 0 Å². The minimum atomic E-state index is -0.608. The summed E-state index contributed by atoms with van der Waals surface area (Å²) in [5.74, 6) is 0.245. The molecule has 0 aliphatic carbocycles. The topological polar surface area (TPSA) is 98.3 Å². The highest BCUT2D eigenvalue weighted by Gasteiger charge is 2.30. The van der Waals surface area contributed by atoms with Gasteiger partial charge in [0, 0.05) is 24.7 Å². The summed E-state index contributed by atoms with van der Waals surface area (Å²) in [4.78, 5) is 44.0. The normalized spacial score (nSPS) is 12.2. The number of nitro groups is 1. The van der Waals surface area contributed by atoms with Crippen LogP contribution in [-0.4, -0.2) is 31.8 Å². The maximum atomic E-state index is 13.6. The third kappa shape index (κ3) is 4.90. The lowest BCUT2D eigenvalue weighted by Crippen LogP contribution is -2.40. The maximum absolute atomic E-state index is 13.6. The highest BCUT2D eigenvalue weighted by atomic mass is 35.5. The lowest BCUT2D eigenvalue weighted by atomic mass is 10.1. The van der Waals surface area contributed by atoms with Gasteiger partial charge < -0.3 is 4.90 Å². The van der Waals surface area contributed by atoms with Crippen LogP contribution in [0.1, 0.15) is 56.3 Å². The standard InChI is InChI=1S/C24H27ClN4O4/c1-5-20(22-26-19-10-8-7-9-17(19)24(31)27(22)6-2)28(14-15(3)4)23(30)16-11-12-18(25)21(13-16)29(32)33/h7-13,15,20H,5-6,14H2,1-4H3. The summed E-state index contributed by atoms with van der Waals surface area (Å²) in [7, 11) is 0. The number of hydrogen-bond acceptors (Lipinski definition) is 5. The summed E-state index contributed by atoms with van der Waals surface area (Å²) < 4.78 is 1.60. The smallest absolute Gasteiger partial charge is 0.288 e. The van der Waals surface area contributed by atoms with Gasteiger partial charge in [-0.3, -0.25) is 24.3 Å². The summed E-state index contributed by atoms with van der Waals surface area (Å²) in [5, 5.41) is 11.8. The molecule has 2 aromatic carbocycles. The van der Waals surface area contributed by atoms with E-state index in [4.69, 9.17) is 16.6 Å². The SMILES string of the molecule is CCC(c1nc2ccccc2c(=O)n1CC)N(CC(C)C)C(=O)c1ccc(Cl)c([N+](=O)[O-])c1. The first kappa shape index (κ1) is 24.4. The van der Waals surface area contributed by atoms with Crippen LogP contribution in [0, 0.1) is 16.0 Å². The van der Waals surface area contributed by atoms with Crippen molar-refractivity contribution in [2.24, 2.45) is 5.92 Å². The second-order valence-electron chi connectivity index (χ2n) is 8.24. The molecule has 9 heteroatoms. The molecule has 0 aliphatic heterocycles. The molecule has 8 nitrogen and oxygen atoms in total. The second kappa shape index (κ2) is 10.1. The zero-order valence-corrected chi connectivity index (χ0v) is 19.9. The Morgan fingerprint density at radius 2 is 1.91 bits per heavy atom. The number of halogens is 1. The fourth-order valence-electron chi connectivity index (χ4n) is 3.98. The Balaban J connectivity index is 2.17. The molecule has 0 bridgehead atoms. The van der Waals surface area contributed by atoms with Crippen LogP contribution in [0.15, 0.2) is 47.3 Å². The van der Waals surface area contributed by atoms with Gasteiger partial charge >= 0.3 is 0 Å². The number of fused-ring (bicyclic) bond motifs is 1. The molecule has 1 heterocycles. The molecule has 33 heavy (non-hydrogen) atoms. The summed E-state index contributed by atoms with van der Waals surface area (Å²) >= 11 is 5.94. The summed E-state index contributed by atoms with van der Waals surface area (Å²) in [6, 6.07) is 10.7. The first-order valence-corrected chi connectivity index (χ1v) is 11.3. The zero-order valence-electron chi connectivity index (χ0n) is 19.1. The Morgan fingerprint density at radius 3 is 2.52 bits per heavy atom. The lowest BCUT2D eigenvalue weighted by Gasteiger charge is -2.33. The molecule has 0 saturated heterocycles. The fraction of sp³-hybridized carbons (Fsp3) is 0.375. The van der Waals surface area contributed by atoms with Crippen molar-refractivity contribution in [3.05, 3.63) is 79.3 Å². The summed E-state index contributed by atoms with van der Waals surface area (Å²) in [5.41, 5.74) is 0.251. The summed E-state index contributed by atoms with van der Waals surface area (Å²) in [6.07, 6.45) is 0.513. The van der Waals surface area contributed by atoms with Gasteiger partial charge in [0.2, 0.25) is 0 Å². The number of nitrogens with zero attached hydrogens (tertiary/aromatic N) is 4. The van der Waals surface area contributed by atoms with Gasteiger partial charge in [-0.05, 0) is 43.5 Å². The molecule has 1 aromatic heterocycles. The molecule has 1 unspecified atom stereocenters. The third-order valence-electron chi connectivity index (χ3n) is 5.48. The number of nitro benzene ring substituents is 1. The van der Waals surface area contributed by atoms with E-state index in [0.717, 1.165) is 0 Å². The van der Waals surface area contributed by atoms with E-state index in [0.29, 0.717) is 36.2 Å². The monoisotopic (exact) mass is 470 g/mol. The van der Waals surface area contributed by atoms with Crippen molar-refractivity contribution >= 4 is 34.1 Å². The maximum Gasteiger partial charge on any atom is 0.288 e. The van der Waals surface area contributed by atoms with E-state index in [1.54, 1.807) is 27.7 Å². The second-order valence-corrected chi connectivity index (χ2v) is 8.64. The minimum absolute atomic E-state index is 0.0324. The molecular weight excluding hydrogens is 444 g/mol. The van der Waals surface area contributed by atoms with Crippen molar-refractivity contribution < 1.29 is 9.72 Å². The van der Waals surface area contributed by atoms with Crippen LogP contribution in [0.2, 0.25) is 5.02 Å². The molecule has 3 aromatic rings. The molecule has 0 radical (unpaired) electrons. The van der Waals surface area contributed by atoms with Crippen LogP contribution in [0.3, 0.4) is 0 Å². The molecule has 0 saturated carbocycles. The number of hydrogen-bond donors (Lipinski definition) is 0. The Hall–Kier alpha value is -3.26. The van der Waals surface area contributed by atoms with E-state index >= 15 is 0 Å². The van der Waals surface area contributed by atoms with E-state index in [1.807, 2.05) is 33.8 Å². The number of aromatic nitrogens is 2. The quantitative estimate of drug-likeness (QED) is 0.331. The van der Waals surface area contributed by atoms with E-state index in [-0.39, 0.29) is 33.7 Å². The van der Waals surface area contributed by atoms with Crippen LogP contribution in [0.25, 0.3) is 10.9 Å². The number of amides is 1. The number of para-hydroxylation sites is 1. The van der Waals surface area contributed by atoms with Crippen LogP contribution in [-0.2, 0) is 6.54 Å². The van der Waals surface area contributed by atoms with Crippen molar-refractivity contribution in [1.29, 1.82) is 0 Å².